The van der Waals surface area contributed by atoms with Gasteiger partial charge >= 0.3 is 6.09 Å². The van der Waals surface area contributed by atoms with Crippen LogP contribution in [0.4, 0.5) is 26.2 Å². The van der Waals surface area contributed by atoms with Crippen LogP contribution in [-0.2, 0) is 16.1 Å². The number of benzene rings is 3. The molecule has 0 bridgehead atoms. The molecule has 43 heavy (non-hydrogen) atoms. The average Bonchev–Trinajstić information content (AvgIpc) is 3.37. The third kappa shape index (κ3) is 5.39. The molecule has 0 spiro atoms. The summed E-state index contributed by atoms with van der Waals surface area (Å²) < 4.78 is 30.5. The first-order valence-electron chi connectivity index (χ1n) is 14.1. The number of halogens is 1. The zero-order valence-corrected chi connectivity index (χ0v) is 23.5. The van der Waals surface area contributed by atoms with Crippen LogP contribution in [0.15, 0.2) is 72.9 Å². The fourth-order valence-corrected chi connectivity index (χ4v) is 5.84. The lowest BCUT2D eigenvalue weighted by Crippen LogP contribution is -2.56. The number of anilines is 3. The number of pyridine rings is 1. The number of hydrogen-bond donors (Lipinski definition) is 1. The van der Waals surface area contributed by atoms with E-state index >= 15 is 0 Å². The Bertz CT molecular complexity index is 1690. The van der Waals surface area contributed by atoms with Crippen molar-refractivity contribution in [2.45, 2.75) is 18.7 Å². The monoisotopic (exact) mass is 583 g/mol. The Balaban J connectivity index is 0.987. The number of amides is 2. The first kappa shape index (κ1) is 27.0. The van der Waals surface area contributed by atoms with Crippen LogP contribution in [0.1, 0.15) is 5.56 Å². The molecule has 0 radical (unpaired) electrons. The van der Waals surface area contributed by atoms with Gasteiger partial charge in [-0.1, -0.05) is 12.1 Å². The first-order valence-corrected chi connectivity index (χ1v) is 14.1. The minimum absolute atomic E-state index is 0.0453. The van der Waals surface area contributed by atoms with Crippen molar-refractivity contribution in [1.29, 1.82) is 0 Å². The summed E-state index contributed by atoms with van der Waals surface area (Å²) in [7, 11) is 1.61. The highest BCUT2D eigenvalue weighted by molar-refractivity contribution is 5.99. The van der Waals surface area contributed by atoms with Gasteiger partial charge in [-0.2, -0.15) is 0 Å². The molecule has 4 aromatic rings. The van der Waals surface area contributed by atoms with Crippen LogP contribution in [0.2, 0.25) is 0 Å². The van der Waals surface area contributed by atoms with Crippen LogP contribution in [0, 0.1) is 5.82 Å². The second-order valence-electron chi connectivity index (χ2n) is 11.0. The molecule has 0 saturated carbocycles. The minimum atomic E-state index is -0.421. The number of aromatic nitrogens is 1. The van der Waals surface area contributed by atoms with Crippen LogP contribution in [-0.4, -0.2) is 73.9 Å². The molecule has 3 aliphatic heterocycles. The number of fused-ring (bicyclic) bond motifs is 2. The van der Waals surface area contributed by atoms with Gasteiger partial charge in [0.2, 0.25) is 0 Å². The topological polar surface area (TPSA) is 96.5 Å². The summed E-state index contributed by atoms with van der Waals surface area (Å²) >= 11 is 0. The normalized spacial score (nSPS) is 18.7. The summed E-state index contributed by atoms with van der Waals surface area (Å²) in [6.07, 6.45) is 0.996. The van der Waals surface area contributed by atoms with E-state index in [1.54, 1.807) is 35.2 Å². The molecule has 2 saturated heterocycles. The standard InChI is InChI=1S/C32H30FN5O5/c1-41-24-6-2-20(3-7-24)14-38-29-13-23(5-9-30(29)42-19-31(38)39)37-18-25(43-32(37)40)17-36-15-22(16-36)35-28-10-11-34-27-8-4-21(33)12-26(27)28/h2-13,22,25H,14-19H2,1H3,(H,34,35)/t25-/m1/s1. The van der Waals surface area contributed by atoms with Crippen LogP contribution in [0.5, 0.6) is 11.5 Å². The third-order valence-corrected chi connectivity index (χ3v) is 8.05. The molecular weight excluding hydrogens is 553 g/mol. The predicted octanol–water partition coefficient (Wildman–Crippen LogP) is 4.43. The summed E-state index contributed by atoms with van der Waals surface area (Å²) in [6, 6.07) is 19.6. The lowest BCUT2D eigenvalue weighted by molar-refractivity contribution is -0.121. The Labute approximate surface area is 247 Å². The summed E-state index contributed by atoms with van der Waals surface area (Å²) in [5, 5.41) is 4.24. The van der Waals surface area contributed by atoms with E-state index in [-0.39, 0.29) is 30.5 Å². The molecular formula is C32H30FN5O5. The van der Waals surface area contributed by atoms with E-state index in [4.69, 9.17) is 14.2 Å². The van der Waals surface area contributed by atoms with Gasteiger partial charge < -0.3 is 24.4 Å². The van der Waals surface area contributed by atoms with Crippen molar-refractivity contribution in [2.75, 3.05) is 55.0 Å². The van der Waals surface area contributed by atoms with E-state index in [1.165, 1.54) is 12.1 Å². The molecule has 1 atom stereocenters. The van der Waals surface area contributed by atoms with Gasteiger partial charge in [-0.15, -0.1) is 0 Å². The second-order valence-corrected chi connectivity index (χ2v) is 11.0. The zero-order valence-electron chi connectivity index (χ0n) is 23.5. The van der Waals surface area contributed by atoms with Gasteiger partial charge in [0.1, 0.15) is 23.4 Å². The fraction of sp³-hybridized carbons (Fsp3) is 0.281. The molecule has 7 rings (SSSR count). The summed E-state index contributed by atoms with van der Waals surface area (Å²) in [5.74, 6) is 0.873. The molecule has 11 heteroatoms. The van der Waals surface area contributed by atoms with Gasteiger partial charge in [-0.25, -0.2) is 9.18 Å². The van der Waals surface area contributed by atoms with Gasteiger partial charge in [-0.3, -0.25) is 19.6 Å². The summed E-state index contributed by atoms with van der Waals surface area (Å²) in [4.78, 5) is 35.6. The molecule has 2 amide bonds. The van der Waals surface area contributed by atoms with Crippen molar-refractivity contribution >= 4 is 40.0 Å². The van der Waals surface area contributed by atoms with Gasteiger partial charge in [0.05, 0.1) is 37.4 Å². The molecule has 10 nitrogen and oxygen atoms in total. The van der Waals surface area contributed by atoms with Crippen LogP contribution < -0.4 is 24.6 Å². The number of carbonyl (C=O) groups excluding carboxylic acids is 2. The maximum atomic E-state index is 13.8. The molecule has 2 fully saturated rings. The van der Waals surface area contributed by atoms with Crippen molar-refractivity contribution in [3.8, 4) is 11.5 Å². The predicted molar refractivity (Wildman–Crippen MR) is 159 cm³/mol. The van der Waals surface area contributed by atoms with Crippen molar-refractivity contribution in [2.24, 2.45) is 0 Å². The lowest BCUT2D eigenvalue weighted by atomic mass is 10.1. The summed E-state index contributed by atoms with van der Waals surface area (Å²) in [5.41, 5.74) is 3.79. The Morgan fingerprint density at radius 2 is 1.86 bits per heavy atom. The van der Waals surface area contributed by atoms with E-state index in [2.05, 4.69) is 15.2 Å². The number of ether oxygens (including phenoxy) is 3. The number of cyclic esters (lactones) is 1. The quantitative estimate of drug-likeness (QED) is 0.326. The Hall–Kier alpha value is -4.90. The van der Waals surface area contributed by atoms with Crippen molar-refractivity contribution in [3.63, 3.8) is 0 Å². The van der Waals surface area contributed by atoms with Crippen LogP contribution >= 0.6 is 0 Å². The maximum absolute atomic E-state index is 13.8. The zero-order chi connectivity index (χ0) is 29.5. The number of rotatable bonds is 8. The van der Waals surface area contributed by atoms with Gasteiger partial charge in [0.15, 0.2) is 6.61 Å². The number of nitrogens with zero attached hydrogens (tertiary/aromatic N) is 4. The molecule has 220 valence electrons. The Morgan fingerprint density at radius 1 is 1.02 bits per heavy atom. The lowest BCUT2D eigenvalue weighted by Gasteiger charge is -2.41. The van der Waals surface area contributed by atoms with E-state index in [0.29, 0.717) is 36.8 Å². The first-order chi connectivity index (χ1) is 20.9. The Morgan fingerprint density at radius 3 is 2.67 bits per heavy atom. The highest BCUT2D eigenvalue weighted by atomic mass is 19.1. The molecule has 3 aromatic carbocycles. The van der Waals surface area contributed by atoms with E-state index in [1.807, 2.05) is 42.5 Å². The SMILES string of the molecule is COc1ccc(CN2C(=O)COc3ccc(N4C[C@@H](CN5CC(Nc6ccnc7ccc(F)cc67)C5)OC4=O)cc32)cc1. The molecule has 1 aromatic heterocycles. The molecule has 4 heterocycles. The molecule has 1 N–H and O–H groups in total. The highest BCUT2D eigenvalue weighted by Crippen LogP contribution is 2.38. The maximum Gasteiger partial charge on any atom is 0.414 e. The van der Waals surface area contributed by atoms with Crippen LogP contribution in [0.25, 0.3) is 10.9 Å². The van der Waals surface area contributed by atoms with Crippen molar-refractivity contribution in [3.05, 3.63) is 84.3 Å². The number of methoxy groups -OCH3 is 1. The van der Waals surface area contributed by atoms with Crippen molar-refractivity contribution in [1.82, 2.24) is 9.88 Å². The number of carbonyl (C=O) groups is 2. The van der Waals surface area contributed by atoms with E-state index < -0.39 is 6.09 Å². The van der Waals surface area contributed by atoms with E-state index in [0.717, 1.165) is 41.0 Å². The largest absolute Gasteiger partial charge is 0.497 e. The van der Waals surface area contributed by atoms with Crippen LogP contribution in [0.3, 0.4) is 0 Å². The van der Waals surface area contributed by atoms with Gasteiger partial charge in [0, 0.05) is 42.6 Å². The molecule has 0 aliphatic carbocycles. The smallest absolute Gasteiger partial charge is 0.414 e. The number of hydrogen-bond acceptors (Lipinski definition) is 8. The van der Waals surface area contributed by atoms with Gasteiger partial charge in [0.25, 0.3) is 5.91 Å². The molecule has 0 unspecified atom stereocenters. The van der Waals surface area contributed by atoms with Crippen molar-refractivity contribution < 1.29 is 28.2 Å². The summed E-state index contributed by atoms with van der Waals surface area (Å²) in [6.45, 7) is 2.86. The third-order valence-electron chi connectivity index (χ3n) is 8.05. The number of likely N-dealkylation sites (tertiary alicyclic amines) is 1. The highest BCUT2D eigenvalue weighted by Gasteiger charge is 2.37. The fourth-order valence-electron chi connectivity index (χ4n) is 5.84. The Kier molecular flexibility index (Phi) is 6.94. The van der Waals surface area contributed by atoms with E-state index in [9.17, 15) is 14.0 Å². The minimum Gasteiger partial charge on any atom is -0.497 e. The average molecular weight is 584 g/mol. The second kappa shape index (κ2) is 11.1. The van der Waals surface area contributed by atoms with Gasteiger partial charge in [-0.05, 0) is 60.2 Å². The molecule has 3 aliphatic rings. The number of nitrogens with one attached hydrogen (secondary N) is 1.